The normalized spacial score (nSPS) is 15.5. The SMILES string of the molecule is Cc1cncc(-c2ccc(NC(=O)C(C)c3csc(NS(=O)C4CC4)n3)cc2)c1. The fraction of sp³-hybridized carbons (Fsp3) is 0.286. The molecular weight excluding hydrogens is 404 g/mol. The van der Waals surface area contributed by atoms with E-state index in [0.29, 0.717) is 10.8 Å². The molecular formula is C21H22N4O2S2. The number of hydrogen-bond donors (Lipinski definition) is 2. The zero-order chi connectivity index (χ0) is 20.4. The molecule has 8 heteroatoms. The predicted molar refractivity (Wildman–Crippen MR) is 118 cm³/mol. The Labute approximate surface area is 176 Å². The summed E-state index contributed by atoms with van der Waals surface area (Å²) < 4.78 is 14.9. The number of amides is 1. The highest BCUT2D eigenvalue weighted by Gasteiger charge is 2.29. The van der Waals surface area contributed by atoms with Crippen molar-refractivity contribution in [1.82, 2.24) is 9.97 Å². The summed E-state index contributed by atoms with van der Waals surface area (Å²) in [6.45, 7) is 3.83. The van der Waals surface area contributed by atoms with Crippen molar-refractivity contribution in [2.45, 2.75) is 37.9 Å². The Morgan fingerprint density at radius 1 is 1.21 bits per heavy atom. The van der Waals surface area contributed by atoms with E-state index in [4.69, 9.17) is 0 Å². The van der Waals surface area contributed by atoms with Gasteiger partial charge >= 0.3 is 0 Å². The first-order valence-electron chi connectivity index (χ1n) is 9.45. The number of carbonyl (C=O) groups excluding carboxylic acids is 1. The largest absolute Gasteiger partial charge is 0.326 e. The summed E-state index contributed by atoms with van der Waals surface area (Å²) in [5, 5.41) is 5.61. The predicted octanol–water partition coefficient (Wildman–Crippen LogP) is 4.49. The zero-order valence-electron chi connectivity index (χ0n) is 16.2. The number of aromatic nitrogens is 2. The summed E-state index contributed by atoms with van der Waals surface area (Å²) in [4.78, 5) is 21.3. The van der Waals surface area contributed by atoms with E-state index in [1.165, 1.54) is 11.3 Å². The molecule has 1 amide bonds. The van der Waals surface area contributed by atoms with Crippen LogP contribution in [0.15, 0.2) is 48.1 Å². The number of benzene rings is 1. The molecule has 150 valence electrons. The number of nitrogens with one attached hydrogen (secondary N) is 2. The molecule has 0 bridgehead atoms. The first-order valence-corrected chi connectivity index (χ1v) is 11.5. The third-order valence-electron chi connectivity index (χ3n) is 4.73. The van der Waals surface area contributed by atoms with Crippen LogP contribution in [0, 0.1) is 6.92 Å². The third-order valence-corrected chi connectivity index (χ3v) is 7.11. The van der Waals surface area contributed by atoms with E-state index in [0.717, 1.165) is 35.2 Å². The van der Waals surface area contributed by atoms with E-state index in [1.54, 1.807) is 0 Å². The van der Waals surface area contributed by atoms with Gasteiger partial charge in [0.2, 0.25) is 5.91 Å². The van der Waals surface area contributed by atoms with Gasteiger partial charge in [0, 0.05) is 29.0 Å². The third kappa shape index (κ3) is 4.89. The number of pyridine rings is 1. The molecule has 0 saturated heterocycles. The average molecular weight is 427 g/mol. The van der Waals surface area contributed by atoms with Crippen molar-refractivity contribution in [3.63, 3.8) is 0 Å². The Balaban J connectivity index is 1.38. The minimum Gasteiger partial charge on any atom is -0.326 e. The lowest BCUT2D eigenvalue weighted by Crippen LogP contribution is -2.19. The lowest BCUT2D eigenvalue weighted by molar-refractivity contribution is -0.117. The molecule has 1 aliphatic carbocycles. The van der Waals surface area contributed by atoms with E-state index in [-0.39, 0.29) is 11.2 Å². The highest BCUT2D eigenvalue weighted by atomic mass is 32.2. The van der Waals surface area contributed by atoms with Gasteiger partial charge < -0.3 is 5.32 Å². The molecule has 6 nitrogen and oxygen atoms in total. The Morgan fingerprint density at radius 3 is 2.66 bits per heavy atom. The van der Waals surface area contributed by atoms with Gasteiger partial charge in [-0.15, -0.1) is 11.3 Å². The molecule has 0 spiro atoms. The highest BCUT2D eigenvalue weighted by molar-refractivity contribution is 7.87. The van der Waals surface area contributed by atoms with Crippen molar-refractivity contribution in [2.24, 2.45) is 0 Å². The van der Waals surface area contributed by atoms with Crippen LogP contribution in [0.3, 0.4) is 0 Å². The fourth-order valence-corrected chi connectivity index (χ4v) is 4.86. The zero-order valence-corrected chi connectivity index (χ0v) is 17.8. The molecule has 2 atom stereocenters. The first kappa shape index (κ1) is 19.7. The molecule has 4 rings (SSSR count). The second-order valence-corrected chi connectivity index (χ2v) is 9.54. The summed E-state index contributed by atoms with van der Waals surface area (Å²) in [5.74, 6) is -0.535. The quantitative estimate of drug-likeness (QED) is 0.583. The second-order valence-electron chi connectivity index (χ2n) is 7.22. The Kier molecular flexibility index (Phi) is 5.73. The second kappa shape index (κ2) is 8.42. The van der Waals surface area contributed by atoms with Crippen molar-refractivity contribution in [3.05, 3.63) is 59.4 Å². The molecule has 0 radical (unpaired) electrons. The van der Waals surface area contributed by atoms with Crippen LogP contribution in [0.2, 0.25) is 0 Å². The lowest BCUT2D eigenvalue weighted by atomic mass is 10.1. The molecule has 1 aromatic carbocycles. The van der Waals surface area contributed by atoms with Crippen LogP contribution in [-0.4, -0.2) is 25.3 Å². The molecule has 1 fully saturated rings. The van der Waals surface area contributed by atoms with Gasteiger partial charge in [-0.05, 0) is 56.0 Å². The fourth-order valence-electron chi connectivity index (χ4n) is 2.83. The van der Waals surface area contributed by atoms with Crippen molar-refractivity contribution in [1.29, 1.82) is 0 Å². The summed E-state index contributed by atoms with van der Waals surface area (Å²) in [6.07, 6.45) is 5.64. The van der Waals surface area contributed by atoms with Gasteiger partial charge in [0.15, 0.2) is 5.13 Å². The number of nitrogens with zero attached hydrogens (tertiary/aromatic N) is 2. The van der Waals surface area contributed by atoms with Crippen LogP contribution in [0.5, 0.6) is 0 Å². The molecule has 2 heterocycles. The molecule has 0 aliphatic heterocycles. The maximum atomic E-state index is 12.6. The maximum Gasteiger partial charge on any atom is 0.233 e. The highest BCUT2D eigenvalue weighted by Crippen LogP contribution is 2.29. The summed E-state index contributed by atoms with van der Waals surface area (Å²) in [5.41, 5.74) is 4.60. The number of carbonyl (C=O) groups is 1. The summed E-state index contributed by atoms with van der Waals surface area (Å²) in [7, 11) is -1.08. The van der Waals surface area contributed by atoms with Crippen molar-refractivity contribution < 1.29 is 9.00 Å². The van der Waals surface area contributed by atoms with Crippen molar-refractivity contribution in [2.75, 3.05) is 10.0 Å². The van der Waals surface area contributed by atoms with Gasteiger partial charge in [0.25, 0.3) is 0 Å². The summed E-state index contributed by atoms with van der Waals surface area (Å²) in [6, 6.07) is 9.78. The minimum absolute atomic E-state index is 0.130. The van der Waals surface area contributed by atoms with Crippen LogP contribution < -0.4 is 10.0 Å². The molecule has 2 N–H and O–H groups in total. The van der Waals surface area contributed by atoms with Crippen LogP contribution in [-0.2, 0) is 15.8 Å². The monoisotopic (exact) mass is 426 g/mol. The smallest absolute Gasteiger partial charge is 0.233 e. The maximum absolute atomic E-state index is 12.6. The van der Waals surface area contributed by atoms with Crippen molar-refractivity contribution >= 4 is 39.0 Å². The first-order chi connectivity index (χ1) is 14.0. The molecule has 3 aromatic rings. The Hall–Kier alpha value is -2.58. The molecule has 2 unspecified atom stereocenters. The van der Waals surface area contributed by atoms with Gasteiger partial charge in [-0.25, -0.2) is 9.19 Å². The average Bonchev–Trinajstić information content (AvgIpc) is 3.47. The molecule has 29 heavy (non-hydrogen) atoms. The van der Waals surface area contributed by atoms with Gasteiger partial charge in [-0.1, -0.05) is 12.1 Å². The van der Waals surface area contributed by atoms with Gasteiger partial charge in [0.1, 0.15) is 11.0 Å². The van der Waals surface area contributed by atoms with Crippen molar-refractivity contribution in [3.8, 4) is 11.1 Å². The van der Waals surface area contributed by atoms with E-state index in [1.807, 2.05) is 55.9 Å². The summed E-state index contributed by atoms with van der Waals surface area (Å²) >= 11 is 1.37. The van der Waals surface area contributed by atoms with E-state index in [2.05, 4.69) is 26.1 Å². The van der Waals surface area contributed by atoms with Gasteiger partial charge in [0.05, 0.1) is 16.9 Å². The van der Waals surface area contributed by atoms with E-state index < -0.39 is 16.9 Å². The van der Waals surface area contributed by atoms with E-state index >= 15 is 0 Å². The van der Waals surface area contributed by atoms with Gasteiger partial charge in [-0.2, -0.15) is 0 Å². The molecule has 1 aliphatic rings. The van der Waals surface area contributed by atoms with Crippen LogP contribution in [0.1, 0.15) is 36.9 Å². The Bertz CT molecular complexity index is 1040. The van der Waals surface area contributed by atoms with E-state index in [9.17, 15) is 9.00 Å². The number of hydrogen-bond acceptors (Lipinski definition) is 5. The molecule has 1 saturated carbocycles. The minimum atomic E-state index is -1.08. The number of thiazole rings is 1. The standard InChI is InChI=1S/C21H22N4O2S2/c1-13-9-16(11-22-10-13)15-3-5-17(6-4-15)23-20(26)14(2)19-12-28-21(24-19)25-29(27)18-7-8-18/h3-6,9-12,14,18H,7-8H2,1-2H3,(H,23,26)(H,24,25). The van der Waals surface area contributed by atoms with Crippen LogP contribution in [0.4, 0.5) is 10.8 Å². The topological polar surface area (TPSA) is 84.0 Å². The number of aryl methyl sites for hydroxylation is 1. The van der Waals surface area contributed by atoms with Crippen LogP contribution >= 0.6 is 11.3 Å². The number of rotatable bonds is 7. The Morgan fingerprint density at radius 2 is 1.97 bits per heavy atom. The lowest BCUT2D eigenvalue weighted by Gasteiger charge is -2.11. The number of anilines is 2. The molecule has 2 aromatic heterocycles. The van der Waals surface area contributed by atoms with Crippen LogP contribution in [0.25, 0.3) is 11.1 Å². The van der Waals surface area contributed by atoms with Gasteiger partial charge in [-0.3, -0.25) is 14.5 Å².